The van der Waals surface area contributed by atoms with Crippen molar-refractivity contribution < 1.29 is 19.1 Å². The number of esters is 2. The third-order valence-corrected chi connectivity index (χ3v) is 2.59. The maximum atomic E-state index is 11.5. The molecule has 0 aromatic carbocycles. The van der Waals surface area contributed by atoms with E-state index in [0.29, 0.717) is 37.3 Å². The molecule has 1 heterocycles. The summed E-state index contributed by atoms with van der Waals surface area (Å²) in [6.45, 7) is 1.84. The van der Waals surface area contributed by atoms with Crippen LogP contribution in [0, 0.1) is 0 Å². The summed E-state index contributed by atoms with van der Waals surface area (Å²) in [4.78, 5) is 31.3. The number of nitrogens with one attached hydrogen (secondary N) is 2. The van der Waals surface area contributed by atoms with Gasteiger partial charge in [-0.25, -0.2) is 9.59 Å². The lowest BCUT2D eigenvalue weighted by atomic mass is 10.3. The van der Waals surface area contributed by atoms with E-state index in [0.717, 1.165) is 0 Å². The van der Waals surface area contributed by atoms with Gasteiger partial charge in [0.25, 0.3) is 0 Å². The van der Waals surface area contributed by atoms with E-state index < -0.39 is 11.9 Å². The smallest absolute Gasteiger partial charge is 0.340 e. The molecule has 0 aromatic rings. The predicted molar refractivity (Wildman–Crippen MR) is 82.9 cm³/mol. The molecule has 1 aliphatic heterocycles. The first-order chi connectivity index (χ1) is 10.7. The molecule has 8 heteroatoms. The zero-order valence-corrected chi connectivity index (χ0v) is 12.7. The van der Waals surface area contributed by atoms with E-state index in [1.807, 2.05) is 0 Å². The quantitative estimate of drug-likeness (QED) is 0.663. The predicted octanol–water partition coefficient (Wildman–Crippen LogP) is -0.565. The van der Waals surface area contributed by atoms with Gasteiger partial charge in [-0.15, -0.1) is 0 Å². The minimum absolute atomic E-state index is 0.328. The van der Waals surface area contributed by atoms with Gasteiger partial charge in [-0.3, -0.25) is 9.98 Å². The highest BCUT2D eigenvalue weighted by Crippen LogP contribution is 1.95. The van der Waals surface area contributed by atoms with Gasteiger partial charge >= 0.3 is 11.9 Å². The van der Waals surface area contributed by atoms with Crippen molar-refractivity contribution in [3.05, 3.63) is 23.5 Å². The molecular weight excluding hydrogens is 288 g/mol. The molecule has 8 nitrogen and oxygen atoms in total. The number of hydrogen-bond donors (Lipinski definition) is 2. The molecule has 0 fully saturated rings. The number of hydrogen-bond acceptors (Lipinski definition) is 8. The topological polar surface area (TPSA) is 101 Å². The van der Waals surface area contributed by atoms with Crippen molar-refractivity contribution in [2.75, 3.05) is 40.4 Å². The lowest BCUT2D eigenvalue weighted by molar-refractivity contribution is -0.136. The van der Waals surface area contributed by atoms with E-state index in [-0.39, 0.29) is 0 Å². The summed E-state index contributed by atoms with van der Waals surface area (Å²) >= 11 is 0. The largest absolute Gasteiger partial charge is 0.465 e. The molecule has 0 unspecified atom stereocenters. The molecule has 1 aliphatic rings. The molecule has 120 valence electrons. The van der Waals surface area contributed by atoms with Crippen LogP contribution >= 0.6 is 0 Å². The van der Waals surface area contributed by atoms with Gasteiger partial charge in [-0.1, -0.05) is 0 Å². The summed E-state index contributed by atoms with van der Waals surface area (Å²) in [5, 5.41) is 5.89. The van der Waals surface area contributed by atoms with Gasteiger partial charge in [0.2, 0.25) is 0 Å². The molecule has 0 atom stereocenters. The first-order valence-corrected chi connectivity index (χ1v) is 6.72. The molecule has 0 radical (unpaired) electrons. The molecule has 22 heavy (non-hydrogen) atoms. The van der Waals surface area contributed by atoms with E-state index in [2.05, 4.69) is 30.1 Å². The Hall–Kier alpha value is -2.64. The Morgan fingerprint density at radius 2 is 1.32 bits per heavy atom. The van der Waals surface area contributed by atoms with Gasteiger partial charge in [0.05, 0.1) is 38.5 Å². The maximum absolute atomic E-state index is 11.5. The van der Waals surface area contributed by atoms with Crippen molar-refractivity contribution in [1.29, 1.82) is 0 Å². The Labute approximate surface area is 129 Å². The Bertz CT molecular complexity index is 463. The van der Waals surface area contributed by atoms with Gasteiger partial charge in [0.15, 0.2) is 0 Å². The molecule has 0 amide bonds. The van der Waals surface area contributed by atoms with Gasteiger partial charge in [-0.2, -0.15) is 0 Å². The first kappa shape index (κ1) is 17.4. The van der Waals surface area contributed by atoms with Gasteiger partial charge < -0.3 is 20.1 Å². The molecule has 0 bridgehead atoms. The van der Waals surface area contributed by atoms with Crippen LogP contribution in [0.25, 0.3) is 0 Å². The van der Waals surface area contributed by atoms with Gasteiger partial charge in [0.1, 0.15) is 0 Å². The van der Waals surface area contributed by atoms with Gasteiger partial charge in [-0.05, 0) is 0 Å². The lowest BCUT2D eigenvalue weighted by Crippen LogP contribution is -2.18. The van der Waals surface area contributed by atoms with E-state index in [1.54, 1.807) is 0 Å². The van der Waals surface area contributed by atoms with Gasteiger partial charge in [0, 0.05) is 37.9 Å². The second kappa shape index (κ2) is 10.1. The van der Waals surface area contributed by atoms with Crippen LogP contribution in [0.1, 0.15) is 0 Å². The van der Waals surface area contributed by atoms with Crippen LogP contribution in [0.3, 0.4) is 0 Å². The number of carbonyl (C=O) groups is 2. The number of ether oxygens (including phenoxy) is 2. The molecule has 0 aliphatic carbocycles. The summed E-state index contributed by atoms with van der Waals surface area (Å²) in [5.41, 5.74) is 0.656. The summed E-state index contributed by atoms with van der Waals surface area (Å²) in [6, 6.07) is 0. The van der Waals surface area contributed by atoms with Crippen LogP contribution in [0.2, 0.25) is 0 Å². The molecule has 0 aromatic heterocycles. The monoisotopic (exact) mass is 308 g/mol. The minimum atomic E-state index is -0.465. The van der Waals surface area contributed by atoms with Crippen LogP contribution in [-0.4, -0.2) is 64.8 Å². The van der Waals surface area contributed by atoms with E-state index in [1.165, 1.54) is 39.0 Å². The van der Waals surface area contributed by atoms with Crippen LogP contribution in [0.5, 0.6) is 0 Å². The van der Waals surface area contributed by atoms with Crippen molar-refractivity contribution >= 4 is 24.4 Å². The van der Waals surface area contributed by atoms with Crippen LogP contribution < -0.4 is 10.6 Å². The van der Waals surface area contributed by atoms with Crippen molar-refractivity contribution in [1.82, 2.24) is 10.6 Å². The third kappa shape index (κ3) is 6.21. The number of rotatable bonds is 2. The van der Waals surface area contributed by atoms with Crippen molar-refractivity contribution in [2.24, 2.45) is 9.98 Å². The Balaban J connectivity index is 2.76. The molecule has 0 saturated carbocycles. The van der Waals surface area contributed by atoms with Crippen molar-refractivity contribution in [3.63, 3.8) is 0 Å². The number of nitrogens with zero attached hydrogens (tertiary/aromatic N) is 2. The fourth-order valence-corrected chi connectivity index (χ4v) is 1.48. The van der Waals surface area contributed by atoms with Crippen molar-refractivity contribution in [2.45, 2.75) is 0 Å². The summed E-state index contributed by atoms with van der Waals surface area (Å²) < 4.78 is 9.33. The molecule has 2 N–H and O–H groups in total. The maximum Gasteiger partial charge on any atom is 0.340 e. The SMILES string of the molecule is COC(=O)/C1=C/NCCN=C/C(C(=O)OC)=C\NCCN=C1. The van der Waals surface area contributed by atoms with E-state index >= 15 is 0 Å². The Kier molecular flexibility index (Phi) is 8.02. The third-order valence-electron chi connectivity index (χ3n) is 2.59. The normalized spacial score (nSPS) is 21.0. The van der Waals surface area contributed by atoms with Crippen molar-refractivity contribution in [3.8, 4) is 0 Å². The molecule has 0 saturated heterocycles. The molecular formula is C14H20N4O4. The molecule has 1 rings (SSSR count). The molecule has 0 spiro atoms. The fraction of sp³-hybridized carbons (Fsp3) is 0.429. The zero-order chi connectivity index (χ0) is 16.2. The average molecular weight is 308 g/mol. The summed E-state index contributed by atoms with van der Waals surface area (Å²) in [6.07, 6.45) is 5.95. The highest BCUT2D eigenvalue weighted by atomic mass is 16.5. The van der Waals surface area contributed by atoms with Crippen LogP contribution in [0.15, 0.2) is 33.5 Å². The van der Waals surface area contributed by atoms with E-state index in [4.69, 9.17) is 0 Å². The summed E-state index contributed by atoms with van der Waals surface area (Å²) in [5.74, 6) is -0.930. The first-order valence-electron chi connectivity index (χ1n) is 6.72. The Morgan fingerprint density at radius 1 is 0.909 bits per heavy atom. The number of carbonyl (C=O) groups excluding carboxylic acids is 2. The second-order valence-corrected chi connectivity index (χ2v) is 4.16. The average Bonchev–Trinajstić information content (AvgIpc) is 2.55. The standard InChI is InChI=1S/C14H20N4O4/c1-21-13(19)11-7-15-3-5-17-9-12(14(20)22-2)10-18-6-4-16-8-11/h7-10,15,18H,3-6H2,1-2H3/b11-7+,12-10+,16-8?,17-9?. The van der Waals surface area contributed by atoms with Crippen LogP contribution in [0.4, 0.5) is 0 Å². The highest BCUT2D eigenvalue weighted by Gasteiger charge is 2.07. The number of aliphatic imine (C=N–C) groups is 2. The lowest BCUT2D eigenvalue weighted by Gasteiger charge is -2.04. The number of methoxy groups -OCH3 is 2. The fourth-order valence-electron chi connectivity index (χ4n) is 1.48. The Morgan fingerprint density at radius 3 is 1.68 bits per heavy atom. The summed E-state index contributed by atoms with van der Waals surface area (Å²) in [7, 11) is 2.63. The van der Waals surface area contributed by atoms with E-state index in [9.17, 15) is 9.59 Å². The zero-order valence-electron chi connectivity index (χ0n) is 12.7. The second-order valence-electron chi connectivity index (χ2n) is 4.16. The highest BCUT2D eigenvalue weighted by molar-refractivity contribution is 6.09. The van der Waals surface area contributed by atoms with Crippen LogP contribution in [-0.2, 0) is 19.1 Å². The minimum Gasteiger partial charge on any atom is -0.465 e.